The number of halogens is 2. The molecule has 5 nitrogen and oxygen atoms in total. The molecule has 1 rings (SSSR count). The summed E-state index contributed by atoms with van der Waals surface area (Å²) in [6, 6.07) is 0.878. The molecule has 0 aliphatic heterocycles. The molecule has 1 N–H and O–H groups in total. The van der Waals surface area contributed by atoms with Crippen LogP contribution >= 0.6 is 0 Å². The van der Waals surface area contributed by atoms with Crippen molar-refractivity contribution in [1.29, 1.82) is 0 Å². The Morgan fingerprint density at radius 2 is 1.53 bits per heavy atom. The summed E-state index contributed by atoms with van der Waals surface area (Å²) in [6.07, 6.45) is 0. The van der Waals surface area contributed by atoms with Crippen LogP contribution in [0.5, 0.6) is 11.5 Å². The SMILES string of the molecule is COc1cc(OC)c(F)c(C(=O)C(=O)O)c1F. The number of Topliss-reactive ketones (excluding diaryl/α,β-unsaturated/α-hetero) is 1. The summed E-state index contributed by atoms with van der Waals surface area (Å²) < 4.78 is 36.2. The summed E-state index contributed by atoms with van der Waals surface area (Å²) in [5, 5.41) is 8.45. The maximum atomic E-state index is 13.6. The van der Waals surface area contributed by atoms with E-state index in [-0.39, 0.29) is 0 Å². The van der Waals surface area contributed by atoms with Crippen LogP contribution in [0.4, 0.5) is 8.78 Å². The van der Waals surface area contributed by atoms with Gasteiger partial charge in [-0.2, -0.15) is 0 Å². The van der Waals surface area contributed by atoms with Crippen molar-refractivity contribution in [2.24, 2.45) is 0 Å². The summed E-state index contributed by atoms with van der Waals surface area (Å²) in [4.78, 5) is 21.6. The molecule has 0 radical (unpaired) electrons. The van der Waals surface area contributed by atoms with Crippen molar-refractivity contribution >= 4 is 11.8 Å². The Balaban J connectivity index is 3.56. The van der Waals surface area contributed by atoms with Crippen LogP contribution in [0.15, 0.2) is 6.07 Å². The van der Waals surface area contributed by atoms with Crippen LogP contribution in [0.25, 0.3) is 0 Å². The largest absolute Gasteiger partial charge is 0.494 e. The number of carboxylic acid groups (broad SMARTS) is 1. The van der Waals surface area contributed by atoms with Crippen LogP contribution < -0.4 is 9.47 Å². The zero-order valence-electron chi connectivity index (χ0n) is 8.91. The zero-order chi connectivity index (χ0) is 13.2. The molecule has 0 heterocycles. The van der Waals surface area contributed by atoms with Gasteiger partial charge in [-0.05, 0) is 0 Å². The number of hydrogen-bond donors (Lipinski definition) is 1. The fraction of sp³-hybridized carbons (Fsp3) is 0.200. The number of ether oxygens (including phenoxy) is 2. The molecule has 0 spiro atoms. The third-order valence-corrected chi connectivity index (χ3v) is 1.99. The molecule has 7 heteroatoms. The lowest BCUT2D eigenvalue weighted by atomic mass is 10.1. The van der Waals surface area contributed by atoms with Gasteiger partial charge in [0.15, 0.2) is 23.1 Å². The number of rotatable bonds is 4. The first-order valence-corrected chi connectivity index (χ1v) is 4.31. The standard InChI is InChI=1S/C10H8F2O5/c1-16-4-3-5(17-2)8(12)6(7(4)11)9(13)10(14)15/h3H,1-2H3,(H,14,15). The lowest BCUT2D eigenvalue weighted by Gasteiger charge is -2.10. The summed E-state index contributed by atoms with van der Waals surface area (Å²) in [7, 11) is 2.18. The number of ketones is 1. The van der Waals surface area contributed by atoms with Crippen LogP contribution in [-0.4, -0.2) is 31.1 Å². The minimum absolute atomic E-state index is 0.479. The van der Waals surface area contributed by atoms with Crippen molar-refractivity contribution < 1.29 is 33.0 Å². The molecule has 0 atom stereocenters. The molecule has 0 saturated carbocycles. The van der Waals surface area contributed by atoms with Crippen LogP contribution in [0, 0.1) is 11.6 Å². The minimum Gasteiger partial charge on any atom is -0.494 e. The Bertz CT molecular complexity index is 456. The van der Waals surface area contributed by atoms with E-state index in [0.717, 1.165) is 20.3 Å². The first-order chi connectivity index (χ1) is 7.93. The second-order valence-electron chi connectivity index (χ2n) is 2.92. The van der Waals surface area contributed by atoms with Gasteiger partial charge in [0.1, 0.15) is 5.56 Å². The summed E-state index contributed by atoms with van der Waals surface area (Å²) in [5.41, 5.74) is -1.21. The maximum absolute atomic E-state index is 13.6. The second-order valence-corrected chi connectivity index (χ2v) is 2.92. The normalized spacial score (nSPS) is 9.88. The van der Waals surface area contributed by atoms with Gasteiger partial charge in [0.05, 0.1) is 14.2 Å². The first kappa shape index (κ1) is 12.9. The zero-order valence-corrected chi connectivity index (χ0v) is 8.91. The molecule has 17 heavy (non-hydrogen) atoms. The van der Waals surface area contributed by atoms with E-state index in [4.69, 9.17) is 5.11 Å². The molecular weight excluding hydrogens is 238 g/mol. The summed E-state index contributed by atoms with van der Waals surface area (Å²) in [6.45, 7) is 0. The Kier molecular flexibility index (Phi) is 3.62. The summed E-state index contributed by atoms with van der Waals surface area (Å²) >= 11 is 0. The third kappa shape index (κ3) is 2.17. The highest BCUT2D eigenvalue weighted by atomic mass is 19.1. The van der Waals surface area contributed by atoms with E-state index < -0.39 is 40.4 Å². The van der Waals surface area contributed by atoms with E-state index in [1.807, 2.05) is 0 Å². The third-order valence-electron chi connectivity index (χ3n) is 1.99. The predicted molar refractivity (Wildman–Crippen MR) is 51.4 cm³/mol. The van der Waals surface area contributed by atoms with Gasteiger partial charge in [-0.1, -0.05) is 0 Å². The maximum Gasteiger partial charge on any atom is 0.377 e. The molecular formula is C10H8F2O5. The Hall–Kier alpha value is -2.18. The topological polar surface area (TPSA) is 72.8 Å². The molecule has 0 unspecified atom stereocenters. The Morgan fingerprint density at radius 1 is 1.12 bits per heavy atom. The fourth-order valence-corrected chi connectivity index (χ4v) is 1.19. The van der Waals surface area contributed by atoms with Crippen LogP contribution in [0.3, 0.4) is 0 Å². The van der Waals surface area contributed by atoms with E-state index in [1.165, 1.54) is 0 Å². The molecule has 92 valence electrons. The average molecular weight is 246 g/mol. The second kappa shape index (κ2) is 4.77. The van der Waals surface area contributed by atoms with Gasteiger partial charge in [-0.25, -0.2) is 13.6 Å². The van der Waals surface area contributed by atoms with Crippen molar-refractivity contribution in [2.45, 2.75) is 0 Å². The number of aliphatic carboxylic acids is 1. The van der Waals surface area contributed by atoms with Crippen molar-refractivity contribution in [3.63, 3.8) is 0 Å². The lowest BCUT2D eigenvalue weighted by molar-refractivity contribution is -0.131. The van der Waals surface area contributed by atoms with Gasteiger partial charge < -0.3 is 14.6 Å². The Morgan fingerprint density at radius 3 is 1.82 bits per heavy atom. The minimum atomic E-state index is -1.97. The number of carbonyl (C=O) groups excluding carboxylic acids is 1. The molecule has 1 aromatic rings. The lowest BCUT2D eigenvalue weighted by Crippen LogP contribution is -2.17. The molecule has 0 aliphatic rings. The van der Waals surface area contributed by atoms with Crippen molar-refractivity contribution in [3.8, 4) is 11.5 Å². The van der Waals surface area contributed by atoms with E-state index in [1.54, 1.807) is 0 Å². The number of benzene rings is 1. The van der Waals surface area contributed by atoms with Gasteiger partial charge in [0.25, 0.3) is 5.78 Å². The molecule has 0 amide bonds. The molecule has 0 aromatic heterocycles. The van der Waals surface area contributed by atoms with E-state index in [9.17, 15) is 18.4 Å². The van der Waals surface area contributed by atoms with Crippen LogP contribution in [0.1, 0.15) is 10.4 Å². The first-order valence-electron chi connectivity index (χ1n) is 4.31. The smallest absolute Gasteiger partial charge is 0.377 e. The monoisotopic (exact) mass is 246 g/mol. The number of carboxylic acids is 1. The van der Waals surface area contributed by atoms with E-state index in [0.29, 0.717) is 0 Å². The van der Waals surface area contributed by atoms with E-state index in [2.05, 4.69) is 9.47 Å². The number of methoxy groups -OCH3 is 2. The van der Waals surface area contributed by atoms with Gasteiger partial charge >= 0.3 is 5.97 Å². The highest BCUT2D eigenvalue weighted by Gasteiger charge is 2.29. The van der Waals surface area contributed by atoms with Gasteiger partial charge in [0, 0.05) is 6.07 Å². The van der Waals surface area contributed by atoms with Crippen molar-refractivity contribution in [2.75, 3.05) is 14.2 Å². The number of hydrogen-bond acceptors (Lipinski definition) is 4. The average Bonchev–Trinajstić information content (AvgIpc) is 2.29. The van der Waals surface area contributed by atoms with E-state index >= 15 is 0 Å². The van der Waals surface area contributed by atoms with Crippen LogP contribution in [0.2, 0.25) is 0 Å². The molecule has 0 bridgehead atoms. The highest BCUT2D eigenvalue weighted by Crippen LogP contribution is 2.31. The van der Waals surface area contributed by atoms with Gasteiger partial charge in [-0.15, -0.1) is 0 Å². The Labute approximate surface area is 94.6 Å². The van der Waals surface area contributed by atoms with Crippen molar-refractivity contribution in [3.05, 3.63) is 23.3 Å². The quantitative estimate of drug-likeness (QED) is 0.639. The van der Waals surface area contributed by atoms with Crippen LogP contribution in [-0.2, 0) is 4.79 Å². The number of carbonyl (C=O) groups is 2. The van der Waals surface area contributed by atoms with Crippen molar-refractivity contribution in [1.82, 2.24) is 0 Å². The summed E-state index contributed by atoms with van der Waals surface area (Å²) in [5.74, 6) is -7.40. The molecule has 0 aliphatic carbocycles. The fourth-order valence-electron chi connectivity index (χ4n) is 1.19. The van der Waals surface area contributed by atoms with Gasteiger partial charge in [-0.3, -0.25) is 4.79 Å². The predicted octanol–water partition coefficient (Wildman–Crippen LogP) is 1.25. The molecule has 0 saturated heterocycles. The molecule has 0 fully saturated rings. The highest BCUT2D eigenvalue weighted by molar-refractivity contribution is 6.40. The molecule has 1 aromatic carbocycles. The van der Waals surface area contributed by atoms with Gasteiger partial charge in [0.2, 0.25) is 0 Å².